The highest BCUT2D eigenvalue weighted by molar-refractivity contribution is 5.88. The Bertz CT molecular complexity index is 2330. The highest BCUT2D eigenvalue weighted by Gasteiger charge is 2.50. The maximum Gasteiger partial charge on any atom is 0.331 e. The molecule has 4 aromatic carbocycles. The summed E-state index contributed by atoms with van der Waals surface area (Å²) >= 11 is 0. The molecule has 0 spiro atoms. The average molecular weight is 873 g/mol. The van der Waals surface area contributed by atoms with Gasteiger partial charge in [0.2, 0.25) is 6.29 Å². The molecule has 0 aliphatic carbocycles. The zero-order chi connectivity index (χ0) is 44.8. The lowest BCUT2D eigenvalue weighted by molar-refractivity contribution is -0.281. The van der Waals surface area contributed by atoms with Crippen LogP contribution in [0.15, 0.2) is 84.9 Å². The van der Waals surface area contributed by atoms with Crippen molar-refractivity contribution >= 4 is 24.1 Å². The van der Waals surface area contributed by atoms with Gasteiger partial charge in [0, 0.05) is 24.0 Å². The Morgan fingerprint density at radius 3 is 1.67 bits per heavy atom. The van der Waals surface area contributed by atoms with E-state index in [2.05, 4.69) is 0 Å². The molecule has 3 fully saturated rings. The Balaban J connectivity index is 1.06. The number of phenols is 3. The van der Waals surface area contributed by atoms with Gasteiger partial charge in [0.1, 0.15) is 24.9 Å². The summed E-state index contributed by atoms with van der Waals surface area (Å²) in [6.07, 6.45) is -3.69. The van der Waals surface area contributed by atoms with Crippen LogP contribution in [-0.2, 0) is 33.3 Å². The van der Waals surface area contributed by atoms with E-state index in [0.717, 1.165) is 23.3 Å². The average Bonchev–Trinajstić information content (AvgIpc) is 3.91. The van der Waals surface area contributed by atoms with Crippen molar-refractivity contribution in [1.82, 2.24) is 0 Å². The number of ether oxygens (including phenoxy) is 10. The van der Waals surface area contributed by atoms with Crippen LogP contribution in [0.5, 0.6) is 46.0 Å². The van der Waals surface area contributed by atoms with Gasteiger partial charge in [-0.15, -0.1) is 0 Å². The van der Waals surface area contributed by atoms with E-state index in [-0.39, 0.29) is 64.3 Å². The predicted octanol–water partition coefficient (Wildman–Crippen LogP) is 4.62. The van der Waals surface area contributed by atoms with Crippen LogP contribution in [0, 0.1) is 11.8 Å². The van der Waals surface area contributed by atoms with Crippen LogP contribution in [0.4, 0.5) is 0 Å². The number of aliphatic hydroxyl groups excluding tert-OH is 2. The number of carbonyl (C=O) groups is 2. The molecule has 3 saturated heterocycles. The number of hydrogen-bond donors (Lipinski definition) is 5. The summed E-state index contributed by atoms with van der Waals surface area (Å²) in [5.74, 6) is -0.801. The zero-order valence-corrected chi connectivity index (χ0v) is 34.7. The van der Waals surface area contributed by atoms with E-state index in [1.54, 1.807) is 42.5 Å². The minimum Gasteiger partial charge on any atom is -0.504 e. The summed E-state index contributed by atoms with van der Waals surface area (Å²) in [7, 11) is 5.68. The Kier molecular flexibility index (Phi) is 13.9. The second kappa shape index (κ2) is 19.7. The molecule has 0 bridgehead atoms. The maximum absolute atomic E-state index is 13.1. The zero-order valence-electron chi connectivity index (χ0n) is 34.7. The molecule has 0 unspecified atom stereocenters. The number of aliphatic hydroxyl groups is 2. The predicted molar refractivity (Wildman–Crippen MR) is 222 cm³/mol. The van der Waals surface area contributed by atoms with Crippen molar-refractivity contribution in [2.75, 3.05) is 48.3 Å². The first-order valence-electron chi connectivity index (χ1n) is 19.8. The number of methoxy groups -OCH3 is 4. The molecule has 3 heterocycles. The fourth-order valence-corrected chi connectivity index (χ4v) is 7.78. The van der Waals surface area contributed by atoms with Crippen molar-refractivity contribution < 1.29 is 82.5 Å². The van der Waals surface area contributed by atoms with Crippen LogP contribution in [0.3, 0.4) is 0 Å². The maximum atomic E-state index is 13.1. The molecule has 0 amide bonds. The molecule has 3 aliphatic heterocycles. The third kappa shape index (κ3) is 9.93. The van der Waals surface area contributed by atoms with Gasteiger partial charge in [-0.05, 0) is 82.9 Å². The Labute approximate surface area is 362 Å². The van der Waals surface area contributed by atoms with Crippen LogP contribution in [0.1, 0.15) is 34.5 Å². The summed E-state index contributed by atoms with van der Waals surface area (Å²) in [6, 6.07) is 19.1. The summed E-state index contributed by atoms with van der Waals surface area (Å²) in [5, 5.41) is 52.6. The van der Waals surface area contributed by atoms with E-state index >= 15 is 0 Å². The molecule has 7 rings (SSSR count). The van der Waals surface area contributed by atoms with Crippen LogP contribution >= 0.6 is 0 Å². The third-order valence-corrected chi connectivity index (χ3v) is 11.1. The Morgan fingerprint density at radius 2 is 1.11 bits per heavy atom. The van der Waals surface area contributed by atoms with Crippen LogP contribution in [0.2, 0.25) is 0 Å². The number of rotatable bonds is 15. The number of aromatic hydroxyl groups is 3. The van der Waals surface area contributed by atoms with Crippen LogP contribution in [-0.4, -0.2) is 116 Å². The lowest BCUT2D eigenvalue weighted by atomic mass is 9.85. The van der Waals surface area contributed by atoms with Crippen molar-refractivity contribution in [1.29, 1.82) is 0 Å². The van der Waals surface area contributed by atoms with E-state index in [1.807, 2.05) is 0 Å². The van der Waals surface area contributed by atoms with Crippen molar-refractivity contribution in [3.63, 3.8) is 0 Å². The number of fused-ring (bicyclic) bond motifs is 1. The number of carbonyl (C=O) groups excluding carboxylic acids is 2. The van der Waals surface area contributed by atoms with E-state index in [1.165, 1.54) is 70.9 Å². The Morgan fingerprint density at radius 1 is 0.619 bits per heavy atom. The van der Waals surface area contributed by atoms with Gasteiger partial charge in [-0.2, -0.15) is 0 Å². The van der Waals surface area contributed by atoms with E-state index in [4.69, 9.17) is 47.4 Å². The summed E-state index contributed by atoms with van der Waals surface area (Å²) < 4.78 is 57.0. The summed E-state index contributed by atoms with van der Waals surface area (Å²) in [6.45, 7) is 0.286. The van der Waals surface area contributed by atoms with Gasteiger partial charge in [-0.25, -0.2) is 9.59 Å². The summed E-state index contributed by atoms with van der Waals surface area (Å²) in [5.41, 5.74) is 2.63. The lowest BCUT2D eigenvalue weighted by Gasteiger charge is -2.41. The Hall–Kier alpha value is -6.50. The van der Waals surface area contributed by atoms with E-state index < -0.39 is 49.3 Å². The molecule has 17 heteroatoms. The number of phenolic OH excluding ortho intramolecular Hbond substituents is 3. The van der Waals surface area contributed by atoms with E-state index in [9.17, 15) is 35.1 Å². The van der Waals surface area contributed by atoms with Crippen molar-refractivity contribution in [2.45, 2.75) is 42.9 Å². The molecule has 334 valence electrons. The molecule has 9 atom stereocenters. The number of benzene rings is 4. The molecule has 0 radical (unpaired) electrons. The van der Waals surface area contributed by atoms with Gasteiger partial charge in [0.25, 0.3) is 0 Å². The minimum absolute atomic E-state index is 0.00874. The monoisotopic (exact) mass is 872 g/mol. The normalized spacial score (nSPS) is 25.4. The standard InChI is InChI=1S/C46H48O17/c1-54-34-17-24(5-11-30(34)47)7-15-39(50)58-23-38-45(63-40(51)16-8-25-6-12-31(48)35(18-25)55-2)41(52)42(53)46(62-38)61-33-14-10-27(20-37(33)57-4)44-29-22-59-43(28(29)21-60-44)26-9-13-32(49)36(19-26)56-3/h5-20,28-29,38,41-49,52-53H,21-23H2,1-4H3/t28-,29-,38-,41-,42-,43+,44+,45-,46-/m1/s1. The number of hydrogen-bond acceptors (Lipinski definition) is 17. The first-order valence-corrected chi connectivity index (χ1v) is 19.8. The highest BCUT2D eigenvalue weighted by Crippen LogP contribution is 2.51. The van der Waals surface area contributed by atoms with Crippen molar-refractivity contribution in [2.24, 2.45) is 11.8 Å². The molecular weight excluding hydrogens is 824 g/mol. The smallest absolute Gasteiger partial charge is 0.331 e. The van der Waals surface area contributed by atoms with Gasteiger partial charge in [-0.1, -0.05) is 24.3 Å². The fraction of sp³-hybridized carbons (Fsp3) is 0.348. The number of esters is 2. The van der Waals surface area contributed by atoms with E-state index in [0.29, 0.717) is 30.1 Å². The van der Waals surface area contributed by atoms with Gasteiger partial charge >= 0.3 is 11.9 Å². The molecule has 17 nitrogen and oxygen atoms in total. The fourth-order valence-electron chi connectivity index (χ4n) is 7.78. The highest BCUT2D eigenvalue weighted by atomic mass is 16.7. The summed E-state index contributed by atoms with van der Waals surface area (Å²) in [4.78, 5) is 26.0. The molecule has 63 heavy (non-hydrogen) atoms. The largest absolute Gasteiger partial charge is 0.504 e. The molecule has 0 aromatic heterocycles. The van der Waals surface area contributed by atoms with Gasteiger partial charge in [0.05, 0.1) is 53.9 Å². The van der Waals surface area contributed by atoms with Crippen LogP contribution < -0.4 is 23.7 Å². The second-order valence-corrected chi connectivity index (χ2v) is 14.9. The van der Waals surface area contributed by atoms with Gasteiger partial charge < -0.3 is 72.9 Å². The van der Waals surface area contributed by atoms with Crippen LogP contribution in [0.25, 0.3) is 12.2 Å². The molecular formula is C46H48O17. The van der Waals surface area contributed by atoms with Gasteiger partial charge in [-0.3, -0.25) is 0 Å². The quantitative estimate of drug-likeness (QED) is 0.0811. The lowest BCUT2D eigenvalue weighted by Crippen LogP contribution is -2.61. The molecule has 5 N–H and O–H groups in total. The first kappa shape index (κ1) is 44.6. The first-order chi connectivity index (χ1) is 30.4. The molecule has 4 aromatic rings. The van der Waals surface area contributed by atoms with Crippen molar-refractivity contribution in [3.8, 4) is 46.0 Å². The van der Waals surface area contributed by atoms with Gasteiger partial charge in [0.15, 0.2) is 52.1 Å². The SMILES string of the molecule is COc1cc(C=CC(=O)OC[C@H]2O[C@@H](Oc3ccc([C@@H]4OC[C@@H]5[C@H]4CO[C@H]5c4ccc(O)c(OC)c4)cc3OC)[C@H](O)[C@@H](O)[C@@H]2OC(=O)C=Cc2ccc(O)c(OC)c2)ccc1O. The van der Waals surface area contributed by atoms with Crippen molar-refractivity contribution in [3.05, 3.63) is 107 Å². The second-order valence-electron chi connectivity index (χ2n) is 14.9. The minimum atomic E-state index is -1.79. The topological polar surface area (TPSA) is 228 Å². The molecule has 0 saturated carbocycles. The molecule has 3 aliphatic rings. The third-order valence-electron chi connectivity index (χ3n) is 11.1.